The normalized spacial score (nSPS) is 24.6. The van der Waals surface area contributed by atoms with Gasteiger partial charge in [0.1, 0.15) is 29.6 Å². The number of carbonyl (C=O) groups excluding carboxylic acids is 2. The number of carbonyl (C=O) groups is 2. The van der Waals surface area contributed by atoms with Gasteiger partial charge < -0.3 is 18.9 Å². The molecular weight excluding hydrogens is 372 g/mol. The van der Waals surface area contributed by atoms with Crippen molar-refractivity contribution in [1.29, 1.82) is 0 Å². The summed E-state index contributed by atoms with van der Waals surface area (Å²) in [6, 6.07) is 6.09. The van der Waals surface area contributed by atoms with Crippen molar-refractivity contribution in [2.24, 2.45) is 11.8 Å². The molecule has 6 heteroatoms. The Balaban J connectivity index is 1.91. The average molecular weight is 400 g/mol. The smallest absolute Gasteiger partial charge is 0.317 e. The van der Waals surface area contributed by atoms with E-state index in [2.05, 4.69) is 19.6 Å². The summed E-state index contributed by atoms with van der Waals surface area (Å²) in [5, 5.41) is 0. The van der Waals surface area contributed by atoms with Crippen molar-refractivity contribution < 1.29 is 28.5 Å². The number of allylic oxidation sites excluding steroid dienone is 1. The SMILES string of the molecule is C=CCOC(=O)[C@@H]1C[C@]2(C(C)Cc3ccc(C)c(OC)c3)OCOC2=C(C)C1=O. The van der Waals surface area contributed by atoms with Crippen LogP contribution in [0.5, 0.6) is 5.75 Å². The minimum Gasteiger partial charge on any atom is -0.496 e. The maximum absolute atomic E-state index is 12.8. The molecule has 1 fully saturated rings. The van der Waals surface area contributed by atoms with Gasteiger partial charge in [-0.3, -0.25) is 9.59 Å². The molecule has 1 aromatic carbocycles. The second kappa shape index (κ2) is 8.41. The quantitative estimate of drug-likeness (QED) is 0.396. The van der Waals surface area contributed by atoms with Crippen LogP contribution in [0.4, 0.5) is 0 Å². The van der Waals surface area contributed by atoms with E-state index in [4.69, 9.17) is 18.9 Å². The van der Waals surface area contributed by atoms with Crippen molar-refractivity contribution in [2.45, 2.75) is 39.2 Å². The number of aryl methyl sites for hydroxylation is 1. The summed E-state index contributed by atoms with van der Waals surface area (Å²) < 4.78 is 22.4. The number of Topliss-reactive ketones (excluding diaryl/α,β-unsaturated/α-hetero) is 1. The molecule has 1 unspecified atom stereocenters. The highest BCUT2D eigenvalue weighted by Gasteiger charge is 2.55. The van der Waals surface area contributed by atoms with E-state index in [0.717, 1.165) is 16.9 Å². The molecule has 1 heterocycles. The molecule has 0 aromatic heterocycles. The van der Waals surface area contributed by atoms with Crippen LogP contribution < -0.4 is 4.74 Å². The molecule has 1 saturated heterocycles. The van der Waals surface area contributed by atoms with Gasteiger partial charge in [0.25, 0.3) is 0 Å². The van der Waals surface area contributed by atoms with Crippen LogP contribution in [0, 0.1) is 18.8 Å². The number of ether oxygens (including phenoxy) is 4. The number of fused-ring (bicyclic) bond motifs is 1. The van der Waals surface area contributed by atoms with E-state index >= 15 is 0 Å². The summed E-state index contributed by atoms with van der Waals surface area (Å²) in [5.41, 5.74) is 1.74. The fourth-order valence-electron chi connectivity index (χ4n) is 4.24. The highest BCUT2D eigenvalue weighted by molar-refractivity contribution is 6.09. The van der Waals surface area contributed by atoms with Crippen LogP contribution in [0.25, 0.3) is 0 Å². The fourth-order valence-corrected chi connectivity index (χ4v) is 4.24. The minimum absolute atomic E-state index is 0.0369. The Morgan fingerprint density at radius 1 is 1.41 bits per heavy atom. The van der Waals surface area contributed by atoms with E-state index < -0.39 is 17.5 Å². The van der Waals surface area contributed by atoms with Crippen LogP contribution >= 0.6 is 0 Å². The molecule has 1 aliphatic carbocycles. The molecule has 29 heavy (non-hydrogen) atoms. The first-order valence-electron chi connectivity index (χ1n) is 9.77. The summed E-state index contributed by atoms with van der Waals surface area (Å²) in [7, 11) is 1.65. The Kier molecular flexibility index (Phi) is 6.13. The Hall–Kier alpha value is -2.60. The summed E-state index contributed by atoms with van der Waals surface area (Å²) in [6.45, 7) is 9.42. The molecule has 0 spiro atoms. The van der Waals surface area contributed by atoms with Gasteiger partial charge in [-0.25, -0.2) is 0 Å². The van der Waals surface area contributed by atoms with E-state index in [9.17, 15) is 9.59 Å². The van der Waals surface area contributed by atoms with Gasteiger partial charge >= 0.3 is 5.97 Å². The second-order valence-corrected chi connectivity index (χ2v) is 7.70. The predicted octanol–water partition coefficient (Wildman–Crippen LogP) is 3.52. The lowest BCUT2D eigenvalue weighted by molar-refractivity contribution is -0.154. The third-order valence-corrected chi connectivity index (χ3v) is 5.88. The third-order valence-electron chi connectivity index (χ3n) is 5.88. The van der Waals surface area contributed by atoms with Gasteiger partial charge in [0, 0.05) is 12.0 Å². The first-order valence-corrected chi connectivity index (χ1v) is 9.77. The zero-order chi connectivity index (χ0) is 21.2. The highest BCUT2D eigenvalue weighted by atomic mass is 16.7. The monoisotopic (exact) mass is 400 g/mol. The minimum atomic E-state index is -0.907. The van der Waals surface area contributed by atoms with E-state index in [1.54, 1.807) is 14.0 Å². The number of ketones is 1. The summed E-state index contributed by atoms with van der Waals surface area (Å²) in [6.07, 6.45) is 2.37. The summed E-state index contributed by atoms with van der Waals surface area (Å²) >= 11 is 0. The topological polar surface area (TPSA) is 71.1 Å². The van der Waals surface area contributed by atoms with Crippen molar-refractivity contribution in [2.75, 3.05) is 20.5 Å². The van der Waals surface area contributed by atoms with Gasteiger partial charge in [0.15, 0.2) is 12.6 Å². The molecule has 3 rings (SSSR count). The van der Waals surface area contributed by atoms with Gasteiger partial charge in [-0.05, 0) is 43.4 Å². The fraction of sp³-hybridized carbons (Fsp3) is 0.478. The lowest BCUT2D eigenvalue weighted by Crippen LogP contribution is -2.48. The van der Waals surface area contributed by atoms with Crippen molar-refractivity contribution in [3.63, 3.8) is 0 Å². The van der Waals surface area contributed by atoms with E-state index in [-0.39, 0.29) is 31.5 Å². The molecular formula is C23H28O6. The van der Waals surface area contributed by atoms with Crippen molar-refractivity contribution in [3.8, 4) is 5.75 Å². The van der Waals surface area contributed by atoms with Crippen LogP contribution in [0.15, 0.2) is 42.2 Å². The average Bonchev–Trinajstić information content (AvgIpc) is 3.15. The largest absolute Gasteiger partial charge is 0.496 e. The van der Waals surface area contributed by atoms with Crippen LogP contribution in [0.2, 0.25) is 0 Å². The van der Waals surface area contributed by atoms with E-state index in [1.165, 1.54) is 6.08 Å². The molecule has 0 N–H and O–H groups in total. The Morgan fingerprint density at radius 2 is 2.17 bits per heavy atom. The lowest BCUT2D eigenvalue weighted by atomic mass is 9.70. The van der Waals surface area contributed by atoms with Gasteiger partial charge in [-0.15, -0.1) is 0 Å². The zero-order valence-electron chi connectivity index (χ0n) is 17.4. The predicted molar refractivity (Wildman–Crippen MR) is 107 cm³/mol. The molecule has 0 saturated carbocycles. The van der Waals surface area contributed by atoms with E-state index in [0.29, 0.717) is 17.8 Å². The van der Waals surface area contributed by atoms with Crippen molar-refractivity contribution in [3.05, 3.63) is 53.3 Å². The first kappa shape index (κ1) is 21.1. The molecule has 1 aliphatic heterocycles. The molecule has 3 atom stereocenters. The van der Waals surface area contributed by atoms with Crippen LogP contribution in [0.3, 0.4) is 0 Å². The molecule has 2 aliphatic rings. The Morgan fingerprint density at radius 3 is 2.86 bits per heavy atom. The van der Waals surface area contributed by atoms with Crippen LogP contribution in [0.1, 0.15) is 31.4 Å². The van der Waals surface area contributed by atoms with Crippen molar-refractivity contribution in [1.82, 2.24) is 0 Å². The maximum atomic E-state index is 12.8. The number of rotatable bonds is 7. The number of esters is 1. The molecule has 156 valence electrons. The first-order chi connectivity index (χ1) is 13.8. The van der Waals surface area contributed by atoms with Crippen LogP contribution in [-0.2, 0) is 30.2 Å². The second-order valence-electron chi connectivity index (χ2n) is 7.70. The molecule has 6 nitrogen and oxygen atoms in total. The standard InChI is InChI=1S/C23H28O6/c1-6-9-27-22(25)18-12-23(21(28-13-29-23)16(4)20(18)24)15(3)10-17-8-7-14(2)19(11-17)26-5/h6-8,11,15,18H,1,9-10,12-13H2,2-5H3/t15?,18-,23-/m1/s1. The molecule has 0 bridgehead atoms. The third kappa shape index (κ3) is 3.81. The highest BCUT2D eigenvalue weighted by Crippen LogP contribution is 2.48. The molecule has 1 aromatic rings. The van der Waals surface area contributed by atoms with Crippen molar-refractivity contribution >= 4 is 11.8 Å². The molecule has 0 radical (unpaired) electrons. The number of hydrogen-bond donors (Lipinski definition) is 0. The Bertz CT molecular complexity index is 855. The number of methoxy groups -OCH3 is 1. The van der Waals surface area contributed by atoms with Crippen LogP contribution in [-0.4, -0.2) is 37.9 Å². The van der Waals surface area contributed by atoms with Gasteiger partial charge in [-0.2, -0.15) is 0 Å². The summed E-state index contributed by atoms with van der Waals surface area (Å²) in [5.74, 6) is -0.387. The number of hydrogen-bond acceptors (Lipinski definition) is 6. The summed E-state index contributed by atoms with van der Waals surface area (Å²) in [4.78, 5) is 25.3. The lowest BCUT2D eigenvalue weighted by Gasteiger charge is -2.39. The Labute approximate surface area is 171 Å². The van der Waals surface area contributed by atoms with E-state index in [1.807, 2.05) is 19.1 Å². The maximum Gasteiger partial charge on any atom is 0.317 e. The molecule has 0 amide bonds. The van der Waals surface area contributed by atoms with Gasteiger partial charge in [0.05, 0.1) is 7.11 Å². The number of benzene rings is 1. The van der Waals surface area contributed by atoms with Gasteiger partial charge in [0.2, 0.25) is 0 Å². The zero-order valence-corrected chi connectivity index (χ0v) is 17.4. The van der Waals surface area contributed by atoms with Gasteiger partial charge in [-0.1, -0.05) is 31.7 Å².